The van der Waals surface area contributed by atoms with Crippen molar-refractivity contribution in [2.24, 2.45) is 0 Å². The van der Waals surface area contributed by atoms with E-state index in [2.05, 4.69) is 5.32 Å². The number of anilines is 1. The molecule has 0 spiro atoms. The fourth-order valence-corrected chi connectivity index (χ4v) is 2.82. The van der Waals surface area contributed by atoms with Crippen LogP contribution in [-0.2, 0) is 14.3 Å². The second-order valence-electron chi connectivity index (χ2n) is 6.49. The zero-order valence-electron chi connectivity index (χ0n) is 16.2. The van der Waals surface area contributed by atoms with Gasteiger partial charge >= 0.3 is 5.97 Å². The van der Waals surface area contributed by atoms with Crippen LogP contribution in [0.3, 0.4) is 0 Å². The maximum absolute atomic E-state index is 12.4. The lowest BCUT2D eigenvalue weighted by Crippen LogP contribution is -2.30. The van der Waals surface area contributed by atoms with E-state index in [1.165, 1.54) is 31.2 Å². The molecule has 1 N–H and O–H groups in total. The van der Waals surface area contributed by atoms with Gasteiger partial charge in [-0.15, -0.1) is 0 Å². The van der Waals surface area contributed by atoms with E-state index in [1.54, 1.807) is 6.07 Å². The number of amides is 1. The number of esters is 1. The molecule has 28 heavy (non-hydrogen) atoms. The Morgan fingerprint density at radius 3 is 2.36 bits per heavy atom. The van der Waals surface area contributed by atoms with Gasteiger partial charge in [0.1, 0.15) is 0 Å². The first kappa shape index (κ1) is 20.8. The van der Waals surface area contributed by atoms with E-state index in [0.29, 0.717) is 5.69 Å². The van der Waals surface area contributed by atoms with Crippen LogP contribution in [0.5, 0.6) is 0 Å². The lowest BCUT2D eigenvalue weighted by Gasteiger charge is -2.16. The highest BCUT2D eigenvalue weighted by molar-refractivity contribution is 5.97. The number of aryl methyl sites for hydroxylation is 3. The summed E-state index contributed by atoms with van der Waals surface area (Å²) in [5, 5.41) is 13.8. The second kappa shape index (κ2) is 8.94. The average molecular weight is 382 g/mol. The summed E-state index contributed by atoms with van der Waals surface area (Å²) >= 11 is 0. The van der Waals surface area contributed by atoms with Crippen LogP contribution in [-0.4, -0.2) is 22.9 Å². The molecule has 0 saturated carbocycles. The largest absolute Gasteiger partial charge is 0.449 e. The molecule has 7 heteroatoms. The van der Waals surface area contributed by atoms with E-state index < -0.39 is 22.9 Å². The Morgan fingerprint density at radius 2 is 1.75 bits per heavy atom. The number of benzene rings is 2. The minimum atomic E-state index is -1.02. The average Bonchev–Trinajstić information content (AvgIpc) is 2.62. The molecule has 146 valence electrons. The maximum atomic E-state index is 12.4. The highest BCUT2D eigenvalue weighted by Gasteiger charge is 2.19. The van der Waals surface area contributed by atoms with Gasteiger partial charge in [0.2, 0.25) is 0 Å². The molecule has 0 aromatic heterocycles. The summed E-state index contributed by atoms with van der Waals surface area (Å²) in [5.74, 6) is -1.22. The zero-order valence-corrected chi connectivity index (χ0v) is 16.2. The number of nitrogens with one attached hydrogen (secondary N) is 1. The quantitative estimate of drug-likeness (QED) is 0.351. The molecule has 1 atom stereocenters. The first-order chi connectivity index (χ1) is 13.2. The molecule has 0 heterocycles. The van der Waals surface area contributed by atoms with E-state index in [0.717, 1.165) is 22.8 Å². The van der Waals surface area contributed by atoms with Gasteiger partial charge in [0.25, 0.3) is 11.6 Å². The van der Waals surface area contributed by atoms with Crippen LogP contribution in [0, 0.1) is 30.9 Å². The van der Waals surface area contributed by atoms with Gasteiger partial charge in [-0.25, -0.2) is 4.79 Å². The molecule has 0 aliphatic rings. The van der Waals surface area contributed by atoms with Crippen LogP contribution in [0.25, 0.3) is 6.08 Å². The van der Waals surface area contributed by atoms with Gasteiger partial charge in [-0.2, -0.15) is 0 Å². The van der Waals surface area contributed by atoms with E-state index in [1.807, 2.05) is 32.9 Å². The third-order valence-electron chi connectivity index (χ3n) is 4.12. The van der Waals surface area contributed by atoms with Crippen molar-refractivity contribution in [1.29, 1.82) is 0 Å². The van der Waals surface area contributed by atoms with Gasteiger partial charge in [-0.1, -0.05) is 29.8 Å². The SMILES string of the molecule is Cc1cc(C)c(NC(=O)C(C)OC(=O)/C=C/c2ccccc2[N+](=O)[O-])c(C)c1. The molecular weight excluding hydrogens is 360 g/mol. The van der Waals surface area contributed by atoms with Gasteiger partial charge in [-0.3, -0.25) is 14.9 Å². The third kappa shape index (κ3) is 5.26. The monoisotopic (exact) mass is 382 g/mol. The number of nitrogens with zero attached hydrogens (tertiary/aromatic N) is 1. The van der Waals surface area contributed by atoms with E-state index >= 15 is 0 Å². The Hall–Kier alpha value is -3.48. The lowest BCUT2D eigenvalue weighted by molar-refractivity contribution is -0.385. The van der Waals surface area contributed by atoms with Crippen LogP contribution in [0.1, 0.15) is 29.2 Å². The Morgan fingerprint density at radius 1 is 1.14 bits per heavy atom. The van der Waals surface area contributed by atoms with Gasteiger partial charge in [0.05, 0.1) is 10.5 Å². The van der Waals surface area contributed by atoms with Crippen LogP contribution >= 0.6 is 0 Å². The van der Waals surface area contributed by atoms with Crippen molar-refractivity contribution in [2.45, 2.75) is 33.8 Å². The summed E-state index contributed by atoms with van der Waals surface area (Å²) in [6.07, 6.45) is 1.33. The predicted octanol–water partition coefficient (Wildman–Crippen LogP) is 4.10. The van der Waals surface area contributed by atoms with Crippen LogP contribution < -0.4 is 5.32 Å². The van der Waals surface area contributed by atoms with Crippen molar-refractivity contribution in [1.82, 2.24) is 0 Å². The number of nitro groups is 1. The zero-order chi connectivity index (χ0) is 20.8. The van der Waals surface area contributed by atoms with Crippen molar-refractivity contribution in [3.05, 3.63) is 74.8 Å². The standard InChI is InChI=1S/C21H22N2O5/c1-13-11-14(2)20(15(3)12-13)22-21(25)16(4)28-19(24)10-9-17-7-5-6-8-18(17)23(26)27/h5-12,16H,1-4H3,(H,22,25)/b10-9+. The summed E-state index contributed by atoms with van der Waals surface area (Å²) in [4.78, 5) is 34.8. The minimum Gasteiger partial charge on any atom is -0.449 e. The Labute approximate surface area is 163 Å². The molecular formula is C21H22N2O5. The summed E-state index contributed by atoms with van der Waals surface area (Å²) < 4.78 is 5.10. The number of carbonyl (C=O) groups excluding carboxylic acids is 2. The number of para-hydroxylation sites is 1. The number of carbonyl (C=O) groups is 2. The number of ether oxygens (including phenoxy) is 1. The predicted molar refractivity (Wildman–Crippen MR) is 107 cm³/mol. The molecule has 7 nitrogen and oxygen atoms in total. The molecule has 2 aromatic carbocycles. The lowest BCUT2D eigenvalue weighted by atomic mass is 10.0. The maximum Gasteiger partial charge on any atom is 0.331 e. The summed E-state index contributed by atoms with van der Waals surface area (Å²) in [6, 6.07) is 9.92. The Balaban J connectivity index is 2.03. The van der Waals surface area contributed by atoms with Crippen molar-refractivity contribution >= 4 is 29.3 Å². The summed E-state index contributed by atoms with van der Waals surface area (Å²) in [6.45, 7) is 7.22. The van der Waals surface area contributed by atoms with Gasteiger partial charge in [-0.05, 0) is 51.0 Å². The van der Waals surface area contributed by atoms with Crippen molar-refractivity contribution in [2.75, 3.05) is 5.32 Å². The topological polar surface area (TPSA) is 98.5 Å². The minimum absolute atomic E-state index is 0.123. The Bertz CT molecular complexity index is 927. The van der Waals surface area contributed by atoms with Gasteiger partial charge in [0, 0.05) is 17.8 Å². The smallest absolute Gasteiger partial charge is 0.331 e. The molecule has 0 aliphatic carbocycles. The highest BCUT2D eigenvalue weighted by Crippen LogP contribution is 2.22. The normalized spacial score (nSPS) is 11.9. The van der Waals surface area contributed by atoms with Crippen molar-refractivity contribution in [3.63, 3.8) is 0 Å². The second-order valence-corrected chi connectivity index (χ2v) is 6.49. The third-order valence-corrected chi connectivity index (χ3v) is 4.12. The van der Waals surface area contributed by atoms with Crippen molar-refractivity contribution < 1.29 is 19.2 Å². The summed E-state index contributed by atoms with van der Waals surface area (Å²) in [5.41, 5.74) is 3.76. The van der Waals surface area contributed by atoms with Gasteiger partial charge in [0.15, 0.2) is 6.10 Å². The van der Waals surface area contributed by atoms with E-state index in [4.69, 9.17) is 4.74 Å². The molecule has 2 rings (SSSR count). The number of hydrogen-bond acceptors (Lipinski definition) is 5. The molecule has 0 radical (unpaired) electrons. The van der Waals surface area contributed by atoms with Crippen LogP contribution in [0.15, 0.2) is 42.5 Å². The molecule has 0 saturated heterocycles. The molecule has 1 unspecified atom stereocenters. The van der Waals surface area contributed by atoms with Crippen molar-refractivity contribution in [3.8, 4) is 0 Å². The van der Waals surface area contributed by atoms with E-state index in [9.17, 15) is 19.7 Å². The number of hydrogen-bond donors (Lipinski definition) is 1. The van der Waals surface area contributed by atoms with Crippen LogP contribution in [0.2, 0.25) is 0 Å². The summed E-state index contributed by atoms with van der Waals surface area (Å²) in [7, 11) is 0. The first-order valence-electron chi connectivity index (χ1n) is 8.70. The number of rotatable bonds is 6. The Kier molecular flexibility index (Phi) is 6.65. The highest BCUT2D eigenvalue weighted by atomic mass is 16.6. The first-order valence-corrected chi connectivity index (χ1v) is 8.70. The van der Waals surface area contributed by atoms with Crippen LogP contribution in [0.4, 0.5) is 11.4 Å². The fraction of sp³-hybridized carbons (Fsp3) is 0.238. The molecule has 2 aromatic rings. The number of nitro benzene ring substituents is 1. The fourth-order valence-electron chi connectivity index (χ4n) is 2.82. The molecule has 0 aliphatic heterocycles. The molecule has 0 bridgehead atoms. The molecule has 1 amide bonds. The van der Waals surface area contributed by atoms with Gasteiger partial charge < -0.3 is 10.1 Å². The van der Waals surface area contributed by atoms with E-state index in [-0.39, 0.29) is 11.3 Å². The molecule has 0 fully saturated rings.